The van der Waals surface area contributed by atoms with Crippen molar-refractivity contribution < 1.29 is 13.7 Å². The first kappa shape index (κ1) is 17.5. The second-order valence-electron chi connectivity index (χ2n) is 5.61. The van der Waals surface area contributed by atoms with Crippen molar-refractivity contribution in [3.63, 3.8) is 0 Å². The molecular weight excluding hydrogens is 367 g/mol. The van der Waals surface area contributed by atoms with E-state index in [1.807, 2.05) is 13.8 Å². The van der Waals surface area contributed by atoms with Crippen molar-refractivity contribution in [2.75, 3.05) is 5.32 Å². The summed E-state index contributed by atoms with van der Waals surface area (Å²) in [5, 5.41) is 15.7. The van der Waals surface area contributed by atoms with E-state index in [4.69, 9.17) is 16.1 Å². The van der Waals surface area contributed by atoms with E-state index < -0.39 is 11.7 Å². The van der Waals surface area contributed by atoms with Crippen LogP contribution in [0.1, 0.15) is 40.9 Å². The molecule has 0 atom stereocenters. The van der Waals surface area contributed by atoms with E-state index in [1.165, 1.54) is 29.5 Å². The molecular formula is C16H14ClFN4O2S. The molecule has 2 heterocycles. The van der Waals surface area contributed by atoms with Crippen LogP contribution in [0.5, 0.6) is 0 Å². The van der Waals surface area contributed by atoms with Gasteiger partial charge in [0, 0.05) is 5.92 Å². The molecule has 25 heavy (non-hydrogen) atoms. The number of halogens is 2. The zero-order chi connectivity index (χ0) is 18.1. The molecule has 0 fully saturated rings. The summed E-state index contributed by atoms with van der Waals surface area (Å²) in [4.78, 5) is 12.7. The van der Waals surface area contributed by atoms with Crippen LogP contribution in [-0.4, -0.2) is 21.3 Å². The molecule has 0 saturated carbocycles. The van der Waals surface area contributed by atoms with Crippen molar-refractivity contribution in [2.24, 2.45) is 0 Å². The minimum atomic E-state index is -0.590. The lowest BCUT2D eigenvalue weighted by Crippen LogP contribution is -2.13. The molecule has 0 aliphatic carbocycles. The fraction of sp³-hybridized carbons (Fsp3) is 0.250. The molecule has 0 bridgehead atoms. The van der Waals surface area contributed by atoms with Gasteiger partial charge in [-0.3, -0.25) is 10.1 Å². The van der Waals surface area contributed by atoms with Crippen molar-refractivity contribution in [2.45, 2.75) is 26.7 Å². The third-order valence-electron chi connectivity index (χ3n) is 3.44. The van der Waals surface area contributed by atoms with Crippen LogP contribution in [0.15, 0.2) is 22.7 Å². The van der Waals surface area contributed by atoms with E-state index >= 15 is 0 Å². The lowest BCUT2D eigenvalue weighted by molar-refractivity contribution is 0.102. The zero-order valence-electron chi connectivity index (χ0n) is 13.6. The van der Waals surface area contributed by atoms with Crippen molar-refractivity contribution in [3.8, 4) is 11.3 Å². The van der Waals surface area contributed by atoms with Gasteiger partial charge in [0.25, 0.3) is 5.91 Å². The third kappa shape index (κ3) is 3.40. The summed E-state index contributed by atoms with van der Waals surface area (Å²) in [6.45, 7) is 5.53. The van der Waals surface area contributed by atoms with Gasteiger partial charge in [-0.05, 0) is 19.1 Å². The highest BCUT2D eigenvalue weighted by molar-refractivity contribution is 7.15. The number of aromatic nitrogens is 3. The Morgan fingerprint density at radius 3 is 2.76 bits per heavy atom. The number of benzene rings is 1. The van der Waals surface area contributed by atoms with Gasteiger partial charge in [0.1, 0.15) is 27.8 Å². The molecule has 0 radical (unpaired) electrons. The summed E-state index contributed by atoms with van der Waals surface area (Å²) in [6.07, 6.45) is 0. The lowest BCUT2D eigenvalue weighted by atomic mass is 10.1. The van der Waals surface area contributed by atoms with Crippen LogP contribution in [-0.2, 0) is 0 Å². The minimum Gasteiger partial charge on any atom is -0.360 e. The second kappa shape index (κ2) is 6.89. The van der Waals surface area contributed by atoms with Gasteiger partial charge in [0.05, 0.1) is 10.6 Å². The van der Waals surface area contributed by atoms with E-state index in [1.54, 1.807) is 6.92 Å². The predicted octanol–water partition coefficient (Wildman–Crippen LogP) is 4.67. The number of nitrogens with one attached hydrogen (secondary N) is 1. The first-order chi connectivity index (χ1) is 11.9. The Hall–Kier alpha value is -2.32. The molecule has 0 aliphatic heterocycles. The average molecular weight is 381 g/mol. The molecule has 130 valence electrons. The molecule has 1 aromatic carbocycles. The Balaban J connectivity index is 1.97. The van der Waals surface area contributed by atoms with E-state index in [9.17, 15) is 9.18 Å². The van der Waals surface area contributed by atoms with Gasteiger partial charge in [0.15, 0.2) is 0 Å². The normalized spacial score (nSPS) is 11.1. The topological polar surface area (TPSA) is 80.9 Å². The number of hydrogen-bond acceptors (Lipinski definition) is 6. The van der Waals surface area contributed by atoms with E-state index in [0.29, 0.717) is 5.13 Å². The van der Waals surface area contributed by atoms with E-state index in [2.05, 4.69) is 20.7 Å². The summed E-state index contributed by atoms with van der Waals surface area (Å²) in [5.74, 6) is -0.652. The number of aryl methyl sites for hydroxylation is 1. The summed E-state index contributed by atoms with van der Waals surface area (Å²) < 4.78 is 19.3. The Labute approximate surface area is 152 Å². The minimum absolute atomic E-state index is 0.0197. The number of carbonyl (C=O) groups excluding carboxylic acids is 1. The highest BCUT2D eigenvalue weighted by Crippen LogP contribution is 2.34. The fourth-order valence-electron chi connectivity index (χ4n) is 2.21. The summed E-state index contributed by atoms with van der Waals surface area (Å²) in [7, 11) is 0. The van der Waals surface area contributed by atoms with Crippen LogP contribution >= 0.6 is 22.9 Å². The van der Waals surface area contributed by atoms with Crippen molar-refractivity contribution in [3.05, 3.63) is 45.4 Å². The number of hydrogen-bond donors (Lipinski definition) is 1. The highest BCUT2D eigenvalue weighted by atomic mass is 35.5. The number of nitrogens with zero attached hydrogens (tertiary/aromatic N) is 3. The Bertz CT molecular complexity index is 918. The van der Waals surface area contributed by atoms with Crippen molar-refractivity contribution >= 4 is 34.0 Å². The van der Waals surface area contributed by atoms with Gasteiger partial charge in [-0.2, -0.15) is 0 Å². The monoisotopic (exact) mass is 380 g/mol. The maximum atomic E-state index is 14.2. The van der Waals surface area contributed by atoms with Crippen LogP contribution in [0.2, 0.25) is 5.02 Å². The summed E-state index contributed by atoms with van der Waals surface area (Å²) in [6, 6.07) is 4.24. The number of amides is 1. The largest absolute Gasteiger partial charge is 0.360 e. The first-order valence-electron chi connectivity index (χ1n) is 7.44. The van der Waals surface area contributed by atoms with Gasteiger partial charge in [-0.1, -0.05) is 48.0 Å². The van der Waals surface area contributed by atoms with Gasteiger partial charge in [-0.25, -0.2) is 4.39 Å². The van der Waals surface area contributed by atoms with Crippen molar-refractivity contribution in [1.29, 1.82) is 0 Å². The van der Waals surface area contributed by atoms with Crippen LogP contribution in [0, 0.1) is 12.7 Å². The second-order valence-corrected chi connectivity index (χ2v) is 7.03. The van der Waals surface area contributed by atoms with Gasteiger partial charge >= 0.3 is 0 Å². The van der Waals surface area contributed by atoms with Gasteiger partial charge in [0.2, 0.25) is 5.13 Å². The predicted molar refractivity (Wildman–Crippen MR) is 93.6 cm³/mol. The molecule has 0 aliphatic rings. The molecule has 1 N–H and O–H groups in total. The van der Waals surface area contributed by atoms with Crippen LogP contribution < -0.4 is 5.32 Å². The molecule has 0 unspecified atom stereocenters. The molecule has 3 aromatic rings. The van der Waals surface area contributed by atoms with Crippen LogP contribution in [0.4, 0.5) is 9.52 Å². The quantitative estimate of drug-likeness (QED) is 0.711. The fourth-order valence-corrected chi connectivity index (χ4v) is 3.21. The lowest BCUT2D eigenvalue weighted by Gasteiger charge is -2.05. The molecule has 2 aromatic heterocycles. The molecule has 0 saturated heterocycles. The zero-order valence-corrected chi connectivity index (χ0v) is 15.2. The Morgan fingerprint density at radius 1 is 1.36 bits per heavy atom. The van der Waals surface area contributed by atoms with Crippen LogP contribution in [0.3, 0.4) is 0 Å². The first-order valence-corrected chi connectivity index (χ1v) is 8.63. The standard InChI is InChI=1S/C16H14ClFN4O2S/c1-7(2)15-20-21-16(25-15)19-14(23)11-8(3)24-22-13(11)12-9(17)5-4-6-10(12)18/h4-7H,1-3H3,(H,19,21,23). The molecule has 6 nitrogen and oxygen atoms in total. The van der Waals surface area contributed by atoms with Gasteiger partial charge in [-0.15, -0.1) is 10.2 Å². The smallest absolute Gasteiger partial charge is 0.263 e. The summed E-state index contributed by atoms with van der Waals surface area (Å²) in [5.41, 5.74) is 0.172. The molecule has 9 heteroatoms. The van der Waals surface area contributed by atoms with Crippen molar-refractivity contribution in [1.82, 2.24) is 15.4 Å². The summed E-state index contributed by atoms with van der Waals surface area (Å²) >= 11 is 7.35. The van der Waals surface area contributed by atoms with Crippen LogP contribution in [0.25, 0.3) is 11.3 Å². The number of carbonyl (C=O) groups is 1. The van der Waals surface area contributed by atoms with E-state index in [0.717, 1.165) is 5.01 Å². The maximum absolute atomic E-state index is 14.2. The number of rotatable bonds is 4. The maximum Gasteiger partial charge on any atom is 0.263 e. The molecule has 1 amide bonds. The van der Waals surface area contributed by atoms with E-state index in [-0.39, 0.29) is 33.5 Å². The van der Waals surface area contributed by atoms with Gasteiger partial charge < -0.3 is 4.52 Å². The third-order valence-corrected chi connectivity index (χ3v) is 4.90. The molecule has 3 rings (SSSR count). The average Bonchev–Trinajstić information content (AvgIpc) is 3.14. The molecule has 0 spiro atoms. The number of anilines is 1. The SMILES string of the molecule is Cc1onc(-c2c(F)cccc2Cl)c1C(=O)Nc1nnc(C(C)C)s1. The Kier molecular flexibility index (Phi) is 4.82. The highest BCUT2D eigenvalue weighted by Gasteiger charge is 2.26. The Morgan fingerprint density at radius 2 is 2.12 bits per heavy atom.